The highest BCUT2D eigenvalue weighted by molar-refractivity contribution is 5.65. The fourth-order valence-corrected chi connectivity index (χ4v) is 0.923. The van der Waals surface area contributed by atoms with Gasteiger partial charge in [0.2, 0.25) is 0 Å². The van der Waals surface area contributed by atoms with Crippen molar-refractivity contribution < 1.29 is 9.53 Å². The normalized spacial score (nSPS) is 9.83. The number of hydrogen-bond donors (Lipinski definition) is 0. The number of hydrogen-bond acceptors (Lipinski definition) is 3. The topological polar surface area (TPSA) is 44.1 Å². The Kier molecular flexibility index (Phi) is 2.85. The van der Waals surface area contributed by atoms with Gasteiger partial charge >= 0.3 is 5.97 Å². The average molecular weight is 168 g/mol. The highest BCUT2D eigenvalue weighted by Gasteiger charge is 1.99. The first-order valence-corrected chi connectivity index (χ1v) is 3.79. The summed E-state index contributed by atoms with van der Waals surface area (Å²) in [6.07, 6.45) is 4.26. The van der Waals surface area contributed by atoms with Crippen LogP contribution in [0.5, 0.6) is 0 Å². The summed E-state index contributed by atoms with van der Waals surface area (Å²) in [5, 5.41) is 0. The fraction of sp³-hybridized carbons (Fsp3) is 0.500. The van der Waals surface area contributed by atoms with Crippen molar-refractivity contribution in [3.63, 3.8) is 0 Å². The van der Waals surface area contributed by atoms with Crippen LogP contribution in [0.1, 0.15) is 12.7 Å². The first-order chi connectivity index (χ1) is 5.70. The maximum atomic E-state index is 10.4. The van der Waals surface area contributed by atoms with E-state index in [1.54, 1.807) is 6.20 Å². The molecular weight excluding hydrogens is 156 g/mol. The standard InChI is InChI=1S/C8H12N2O2/c1-7(11)12-6-3-8-9-4-5-10(8)2/h4-5H,3,6H2,1-2H3. The highest BCUT2D eigenvalue weighted by Crippen LogP contribution is 1.95. The van der Waals surface area contributed by atoms with Crippen molar-refractivity contribution in [1.82, 2.24) is 9.55 Å². The van der Waals surface area contributed by atoms with Crippen LogP contribution >= 0.6 is 0 Å². The van der Waals surface area contributed by atoms with Gasteiger partial charge in [-0.3, -0.25) is 4.79 Å². The predicted molar refractivity (Wildman–Crippen MR) is 43.5 cm³/mol. The van der Waals surface area contributed by atoms with E-state index in [0.29, 0.717) is 13.0 Å². The molecule has 0 aromatic carbocycles. The summed E-state index contributed by atoms with van der Waals surface area (Å²) in [5.74, 6) is 0.681. The fourth-order valence-electron chi connectivity index (χ4n) is 0.923. The predicted octanol–water partition coefficient (Wildman–Crippen LogP) is 0.526. The Morgan fingerprint density at radius 2 is 2.50 bits per heavy atom. The van der Waals surface area contributed by atoms with E-state index in [9.17, 15) is 4.79 Å². The molecule has 66 valence electrons. The number of imidazole rings is 1. The maximum Gasteiger partial charge on any atom is 0.302 e. The monoisotopic (exact) mass is 168 g/mol. The van der Waals surface area contributed by atoms with Gasteiger partial charge in [-0.2, -0.15) is 0 Å². The lowest BCUT2D eigenvalue weighted by Crippen LogP contribution is -2.06. The maximum absolute atomic E-state index is 10.4. The second kappa shape index (κ2) is 3.90. The minimum atomic E-state index is -0.246. The SMILES string of the molecule is CC(=O)OCCc1nccn1C. The van der Waals surface area contributed by atoms with Gasteiger partial charge in [0.25, 0.3) is 0 Å². The minimum Gasteiger partial charge on any atom is -0.465 e. The molecule has 0 saturated carbocycles. The number of aromatic nitrogens is 2. The van der Waals surface area contributed by atoms with Crippen LogP contribution in [0.25, 0.3) is 0 Å². The van der Waals surface area contributed by atoms with E-state index >= 15 is 0 Å². The molecule has 0 fully saturated rings. The number of rotatable bonds is 3. The molecule has 0 aliphatic carbocycles. The summed E-state index contributed by atoms with van der Waals surface area (Å²) in [4.78, 5) is 14.5. The molecule has 0 bridgehead atoms. The van der Waals surface area contributed by atoms with E-state index in [4.69, 9.17) is 4.74 Å². The molecule has 4 nitrogen and oxygen atoms in total. The zero-order chi connectivity index (χ0) is 8.97. The van der Waals surface area contributed by atoms with Gasteiger partial charge < -0.3 is 9.30 Å². The lowest BCUT2D eigenvalue weighted by Gasteiger charge is -2.01. The Balaban J connectivity index is 2.33. The number of aryl methyl sites for hydroxylation is 1. The Morgan fingerprint density at radius 1 is 1.75 bits per heavy atom. The summed E-state index contributed by atoms with van der Waals surface area (Å²) >= 11 is 0. The third kappa shape index (κ3) is 2.38. The van der Waals surface area contributed by atoms with Crippen LogP contribution in [-0.4, -0.2) is 22.1 Å². The first-order valence-electron chi connectivity index (χ1n) is 3.79. The van der Waals surface area contributed by atoms with Gasteiger partial charge in [-0.1, -0.05) is 0 Å². The van der Waals surface area contributed by atoms with E-state index < -0.39 is 0 Å². The van der Waals surface area contributed by atoms with Crippen LogP contribution in [0.15, 0.2) is 12.4 Å². The van der Waals surface area contributed by atoms with Gasteiger partial charge in [0, 0.05) is 32.8 Å². The van der Waals surface area contributed by atoms with Crippen LogP contribution in [0, 0.1) is 0 Å². The number of carbonyl (C=O) groups excluding carboxylic acids is 1. The first kappa shape index (κ1) is 8.77. The summed E-state index contributed by atoms with van der Waals surface area (Å²) in [6.45, 7) is 1.80. The number of esters is 1. The van der Waals surface area contributed by atoms with E-state index in [-0.39, 0.29) is 5.97 Å². The molecule has 0 atom stereocenters. The van der Waals surface area contributed by atoms with Crippen molar-refractivity contribution in [3.05, 3.63) is 18.2 Å². The van der Waals surface area contributed by atoms with Crippen LogP contribution in [0.3, 0.4) is 0 Å². The van der Waals surface area contributed by atoms with Crippen molar-refractivity contribution in [3.8, 4) is 0 Å². The number of ether oxygens (including phenoxy) is 1. The second-order valence-electron chi connectivity index (χ2n) is 2.54. The molecule has 4 heteroatoms. The lowest BCUT2D eigenvalue weighted by molar-refractivity contribution is -0.140. The zero-order valence-electron chi connectivity index (χ0n) is 7.28. The molecule has 0 amide bonds. The molecule has 0 spiro atoms. The Bertz CT molecular complexity index is 268. The third-order valence-electron chi connectivity index (χ3n) is 1.55. The second-order valence-corrected chi connectivity index (χ2v) is 2.54. The summed E-state index contributed by atoms with van der Waals surface area (Å²) in [5.41, 5.74) is 0. The van der Waals surface area contributed by atoms with E-state index in [1.807, 2.05) is 17.8 Å². The Labute approximate surface area is 71.2 Å². The number of nitrogens with zero attached hydrogens (tertiary/aromatic N) is 2. The molecular formula is C8H12N2O2. The largest absolute Gasteiger partial charge is 0.465 e. The quantitative estimate of drug-likeness (QED) is 0.618. The van der Waals surface area contributed by atoms with Crippen LogP contribution in [0.2, 0.25) is 0 Å². The van der Waals surface area contributed by atoms with Crippen molar-refractivity contribution in [2.45, 2.75) is 13.3 Å². The molecule has 1 rings (SSSR count). The van der Waals surface area contributed by atoms with Crippen LogP contribution in [0.4, 0.5) is 0 Å². The molecule has 0 radical (unpaired) electrons. The molecule has 0 unspecified atom stereocenters. The summed E-state index contributed by atoms with van der Waals surface area (Å²) in [6, 6.07) is 0. The lowest BCUT2D eigenvalue weighted by atomic mass is 10.4. The van der Waals surface area contributed by atoms with Gasteiger partial charge in [0.1, 0.15) is 5.82 Å². The molecule has 0 aliphatic heterocycles. The van der Waals surface area contributed by atoms with E-state index in [0.717, 1.165) is 5.82 Å². The van der Waals surface area contributed by atoms with Crippen molar-refractivity contribution in [2.75, 3.05) is 6.61 Å². The molecule has 0 aliphatic rings. The van der Waals surface area contributed by atoms with Crippen molar-refractivity contribution in [1.29, 1.82) is 0 Å². The molecule has 1 aromatic rings. The van der Waals surface area contributed by atoms with Gasteiger partial charge in [0.05, 0.1) is 6.61 Å². The van der Waals surface area contributed by atoms with Gasteiger partial charge in [-0.25, -0.2) is 4.98 Å². The molecule has 1 aromatic heterocycles. The van der Waals surface area contributed by atoms with Gasteiger partial charge in [-0.15, -0.1) is 0 Å². The number of carbonyl (C=O) groups is 1. The molecule has 0 saturated heterocycles. The average Bonchev–Trinajstić information content (AvgIpc) is 2.36. The van der Waals surface area contributed by atoms with Crippen molar-refractivity contribution in [2.24, 2.45) is 7.05 Å². The summed E-state index contributed by atoms with van der Waals surface area (Å²) in [7, 11) is 1.91. The Hall–Kier alpha value is -1.32. The van der Waals surface area contributed by atoms with Crippen LogP contribution < -0.4 is 0 Å². The Morgan fingerprint density at radius 3 is 3.00 bits per heavy atom. The zero-order valence-corrected chi connectivity index (χ0v) is 7.28. The minimum absolute atomic E-state index is 0.246. The van der Waals surface area contributed by atoms with Crippen LogP contribution in [-0.2, 0) is 23.0 Å². The van der Waals surface area contributed by atoms with Crippen molar-refractivity contribution >= 4 is 5.97 Å². The smallest absolute Gasteiger partial charge is 0.302 e. The highest BCUT2D eigenvalue weighted by atomic mass is 16.5. The van der Waals surface area contributed by atoms with E-state index in [2.05, 4.69) is 4.98 Å². The molecule has 0 N–H and O–H groups in total. The molecule has 1 heterocycles. The third-order valence-corrected chi connectivity index (χ3v) is 1.55. The van der Waals surface area contributed by atoms with Gasteiger partial charge in [0.15, 0.2) is 0 Å². The summed E-state index contributed by atoms with van der Waals surface area (Å²) < 4.78 is 6.68. The van der Waals surface area contributed by atoms with Gasteiger partial charge in [-0.05, 0) is 0 Å². The van der Waals surface area contributed by atoms with E-state index in [1.165, 1.54) is 6.92 Å². The molecule has 12 heavy (non-hydrogen) atoms.